The molecule has 0 spiro atoms. The number of aromatic nitrogens is 1. The summed E-state index contributed by atoms with van der Waals surface area (Å²) in [5.74, 6) is 0. The smallest absolute Gasteiger partial charge is 0.378 e. The second-order valence-corrected chi connectivity index (χ2v) is 4.72. The molecule has 0 saturated heterocycles. The van der Waals surface area contributed by atoms with Crippen molar-refractivity contribution in [1.29, 1.82) is 0 Å². The molecule has 0 aliphatic heterocycles. The van der Waals surface area contributed by atoms with Gasteiger partial charge in [0, 0.05) is 31.4 Å². The Labute approximate surface area is 102 Å². The first-order chi connectivity index (χ1) is 7.96. The highest BCUT2D eigenvalue weighted by molar-refractivity contribution is 7.11. The van der Waals surface area contributed by atoms with E-state index >= 15 is 0 Å². The van der Waals surface area contributed by atoms with E-state index in [0.29, 0.717) is 18.2 Å². The Bertz CT molecular complexity index is 328. The monoisotopic (exact) mass is 268 g/mol. The van der Waals surface area contributed by atoms with E-state index in [-0.39, 0.29) is 6.42 Å². The molecule has 1 rings (SSSR count). The Balaban J connectivity index is 2.69. The Hall–Kier alpha value is -0.660. The molecule has 1 N–H and O–H groups in total. The number of thiazole rings is 1. The Kier molecular flexibility index (Phi) is 5.35. The molecule has 0 atom stereocenters. The third kappa shape index (κ3) is 5.01. The van der Waals surface area contributed by atoms with Gasteiger partial charge in [0.05, 0.1) is 17.3 Å². The Morgan fingerprint density at radius 2 is 2.12 bits per heavy atom. The highest BCUT2D eigenvalue weighted by Gasteiger charge is 2.27. The van der Waals surface area contributed by atoms with Crippen molar-refractivity contribution in [1.82, 2.24) is 10.3 Å². The Morgan fingerprint density at radius 1 is 1.41 bits per heavy atom. The summed E-state index contributed by atoms with van der Waals surface area (Å²) < 4.78 is 41.2. The molecule has 0 aliphatic rings. The Morgan fingerprint density at radius 3 is 2.65 bits per heavy atom. The van der Waals surface area contributed by atoms with Gasteiger partial charge in [-0.1, -0.05) is 0 Å². The predicted octanol–water partition coefficient (Wildman–Crippen LogP) is 2.50. The van der Waals surface area contributed by atoms with Crippen molar-refractivity contribution in [3.63, 3.8) is 0 Å². The van der Waals surface area contributed by atoms with Crippen molar-refractivity contribution in [2.24, 2.45) is 0 Å². The fourth-order valence-electron chi connectivity index (χ4n) is 1.34. The van der Waals surface area contributed by atoms with E-state index in [1.807, 2.05) is 0 Å². The maximum Gasteiger partial charge on any atom is 0.389 e. The minimum absolute atomic E-state index is 0.0609. The summed E-state index contributed by atoms with van der Waals surface area (Å²) >= 11 is 1.31. The van der Waals surface area contributed by atoms with Crippen LogP contribution in [0.15, 0.2) is 0 Å². The molecule has 0 radical (unpaired) electrons. The SMILES string of the molecule is CNCc1sc(CCC(F)(F)F)nc1COC. The summed E-state index contributed by atoms with van der Waals surface area (Å²) in [6.45, 7) is 0.932. The van der Waals surface area contributed by atoms with Gasteiger partial charge in [0.25, 0.3) is 0 Å². The second kappa shape index (κ2) is 6.32. The van der Waals surface area contributed by atoms with Crippen molar-refractivity contribution in [2.45, 2.75) is 32.2 Å². The van der Waals surface area contributed by atoms with Crippen LogP contribution < -0.4 is 5.32 Å². The molecule has 0 amide bonds. The molecule has 3 nitrogen and oxygen atoms in total. The van der Waals surface area contributed by atoms with E-state index < -0.39 is 12.6 Å². The largest absolute Gasteiger partial charge is 0.389 e. The van der Waals surface area contributed by atoms with Crippen LogP contribution in [0.5, 0.6) is 0 Å². The van der Waals surface area contributed by atoms with Gasteiger partial charge < -0.3 is 10.1 Å². The zero-order valence-electron chi connectivity index (χ0n) is 9.73. The van der Waals surface area contributed by atoms with E-state index in [4.69, 9.17) is 4.74 Å². The van der Waals surface area contributed by atoms with Crippen LogP contribution in [0.4, 0.5) is 13.2 Å². The van der Waals surface area contributed by atoms with Crippen molar-refractivity contribution >= 4 is 11.3 Å². The van der Waals surface area contributed by atoms with Crippen LogP contribution in [0.1, 0.15) is 22.0 Å². The molecule has 17 heavy (non-hydrogen) atoms. The van der Waals surface area contributed by atoms with Crippen molar-refractivity contribution in [2.75, 3.05) is 14.2 Å². The van der Waals surface area contributed by atoms with Crippen LogP contribution in [-0.4, -0.2) is 25.3 Å². The molecule has 0 saturated carbocycles. The number of nitrogens with zero attached hydrogens (tertiary/aromatic N) is 1. The van der Waals surface area contributed by atoms with Crippen molar-refractivity contribution < 1.29 is 17.9 Å². The minimum atomic E-state index is -4.13. The summed E-state index contributed by atoms with van der Waals surface area (Å²) in [5.41, 5.74) is 0.726. The predicted molar refractivity (Wildman–Crippen MR) is 60.0 cm³/mol. The maximum atomic E-state index is 12.1. The van der Waals surface area contributed by atoms with Gasteiger partial charge in [0.15, 0.2) is 0 Å². The number of aryl methyl sites for hydroxylation is 1. The molecule has 1 aromatic rings. The summed E-state index contributed by atoms with van der Waals surface area (Å²) in [6, 6.07) is 0. The molecule has 0 unspecified atom stereocenters. The van der Waals surface area contributed by atoms with E-state index in [1.54, 1.807) is 7.05 Å². The molecule has 0 bridgehead atoms. The quantitative estimate of drug-likeness (QED) is 0.860. The maximum absolute atomic E-state index is 12.1. The lowest BCUT2D eigenvalue weighted by molar-refractivity contribution is -0.134. The van der Waals surface area contributed by atoms with Crippen LogP contribution >= 0.6 is 11.3 Å². The van der Waals surface area contributed by atoms with Crippen LogP contribution in [0.2, 0.25) is 0 Å². The fraction of sp³-hybridized carbons (Fsp3) is 0.700. The third-order valence-electron chi connectivity index (χ3n) is 2.06. The first-order valence-electron chi connectivity index (χ1n) is 5.14. The topological polar surface area (TPSA) is 34.2 Å². The molecular weight excluding hydrogens is 253 g/mol. The van der Waals surface area contributed by atoms with Gasteiger partial charge in [-0.25, -0.2) is 4.98 Å². The van der Waals surface area contributed by atoms with Gasteiger partial charge >= 0.3 is 6.18 Å². The van der Waals surface area contributed by atoms with Gasteiger partial charge in [-0.2, -0.15) is 13.2 Å². The van der Waals surface area contributed by atoms with Crippen LogP contribution in [0.25, 0.3) is 0 Å². The fourth-order valence-corrected chi connectivity index (χ4v) is 2.42. The average molecular weight is 268 g/mol. The molecule has 0 fully saturated rings. The summed E-state index contributed by atoms with van der Waals surface area (Å²) in [7, 11) is 3.32. The average Bonchev–Trinajstić information content (AvgIpc) is 2.59. The minimum Gasteiger partial charge on any atom is -0.378 e. The molecule has 7 heteroatoms. The normalized spacial score (nSPS) is 12.1. The van der Waals surface area contributed by atoms with Gasteiger partial charge in [-0.3, -0.25) is 0 Å². The number of nitrogens with one attached hydrogen (secondary N) is 1. The third-order valence-corrected chi connectivity index (χ3v) is 3.22. The number of methoxy groups -OCH3 is 1. The van der Waals surface area contributed by atoms with Crippen LogP contribution in [0, 0.1) is 0 Å². The van der Waals surface area contributed by atoms with Gasteiger partial charge in [0.1, 0.15) is 0 Å². The molecule has 0 aromatic carbocycles. The van der Waals surface area contributed by atoms with Crippen LogP contribution in [0.3, 0.4) is 0 Å². The van der Waals surface area contributed by atoms with E-state index in [9.17, 15) is 13.2 Å². The molecule has 1 aromatic heterocycles. The molecule has 0 aliphatic carbocycles. The van der Waals surface area contributed by atoms with Gasteiger partial charge in [-0.15, -0.1) is 11.3 Å². The van der Waals surface area contributed by atoms with Gasteiger partial charge in [-0.05, 0) is 7.05 Å². The number of alkyl halides is 3. The summed E-state index contributed by atoms with van der Waals surface area (Å²) in [6.07, 6.45) is -5.02. The lowest BCUT2D eigenvalue weighted by Crippen LogP contribution is -2.08. The molecule has 1 heterocycles. The molecular formula is C10H15F3N2OS. The number of hydrogen-bond acceptors (Lipinski definition) is 4. The van der Waals surface area contributed by atoms with Gasteiger partial charge in [0.2, 0.25) is 0 Å². The molecule has 98 valence electrons. The zero-order valence-corrected chi connectivity index (χ0v) is 10.5. The lowest BCUT2D eigenvalue weighted by atomic mass is 10.3. The van der Waals surface area contributed by atoms with E-state index in [1.165, 1.54) is 18.4 Å². The number of rotatable bonds is 6. The highest BCUT2D eigenvalue weighted by Crippen LogP contribution is 2.26. The zero-order chi connectivity index (χ0) is 12.9. The van der Waals surface area contributed by atoms with Crippen molar-refractivity contribution in [3.8, 4) is 0 Å². The first kappa shape index (κ1) is 14.4. The lowest BCUT2D eigenvalue weighted by Gasteiger charge is -2.02. The van der Waals surface area contributed by atoms with E-state index in [0.717, 1.165) is 10.6 Å². The number of halogens is 3. The number of ether oxygens (including phenoxy) is 1. The highest BCUT2D eigenvalue weighted by atomic mass is 32.1. The van der Waals surface area contributed by atoms with E-state index in [2.05, 4.69) is 10.3 Å². The summed E-state index contributed by atoms with van der Waals surface area (Å²) in [5, 5.41) is 3.47. The second-order valence-electron chi connectivity index (χ2n) is 3.56. The first-order valence-corrected chi connectivity index (χ1v) is 5.95. The van der Waals surface area contributed by atoms with Crippen molar-refractivity contribution in [3.05, 3.63) is 15.6 Å². The standard InChI is InChI=1S/C10H15F3N2OS/c1-14-5-8-7(6-16-2)15-9(17-8)3-4-10(11,12)13/h14H,3-6H2,1-2H3. The summed E-state index contributed by atoms with van der Waals surface area (Å²) in [4.78, 5) is 5.11. The van der Waals surface area contributed by atoms with Crippen LogP contribution in [-0.2, 0) is 24.3 Å². The number of hydrogen-bond donors (Lipinski definition) is 1.